The van der Waals surface area contributed by atoms with Gasteiger partial charge < -0.3 is 15.1 Å². The summed E-state index contributed by atoms with van der Waals surface area (Å²) in [4.78, 5) is 13.0. The molecule has 15 heavy (non-hydrogen) atoms. The van der Waals surface area contributed by atoms with Gasteiger partial charge in [-0.2, -0.15) is 0 Å². The monoisotopic (exact) mass is 207 g/mol. The van der Waals surface area contributed by atoms with E-state index in [4.69, 9.17) is 0 Å². The number of anilines is 2. The zero-order valence-corrected chi connectivity index (χ0v) is 9.27. The van der Waals surface area contributed by atoms with Crippen LogP contribution in [0.3, 0.4) is 0 Å². The quantitative estimate of drug-likeness (QED) is 0.754. The molecule has 1 aliphatic rings. The first-order valence-electron chi connectivity index (χ1n) is 5.23. The van der Waals surface area contributed by atoms with Crippen LogP contribution < -0.4 is 10.2 Å². The van der Waals surface area contributed by atoms with E-state index in [1.165, 1.54) is 0 Å². The van der Waals surface area contributed by atoms with Crippen molar-refractivity contribution in [2.24, 2.45) is 0 Å². The molecule has 0 saturated carbocycles. The molecule has 5 heteroatoms. The van der Waals surface area contributed by atoms with Gasteiger partial charge in [0.2, 0.25) is 0 Å². The van der Waals surface area contributed by atoms with E-state index in [9.17, 15) is 0 Å². The van der Waals surface area contributed by atoms with Crippen molar-refractivity contribution in [2.45, 2.75) is 0 Å². The van der Waals surface area contributed by atoms with Gasteiger partial charge in [0.1, 0.15) is 18.0 Å². The maximum Gasteiger partial charge on any atom is 0.134 e. The number of nitrogens with one attached hydrogen (secondary N) is 1. The van der Waals surface area contributed by atoms with Crippen LogP contribution in [0.2, 0.25) is 0 Å². The number of aromatic nitrogens is 2. The van der Waals surface area contributed by atoms with Crippen LogP contribution in [0.15, 0.2) is 12.4 Å². The molecule has 0 radical (unpaired) electrons. The maximum atomic E-state index is 4.29. The van der Waals surface area contributed by atoms with Crippen molar-refractivity contribution >= 4 is 11.6 Å². The van der Waals surface area contributed by atoms with E-state index in [1.807, 2.05) is 13.1 Å². The smallest absolute Gasteiger partial charge is 0.134 e. The lowest BCUT2D eigenvalue weighted by Crippen LogP contribution is -2.44. The topological polar surface area (TPSA) is 44.3 Å². The Bertz CT molecular complexity index is 319. The SMILES string of the molecule is CNc1cc(N2CCN(C)CC2)ncn1. The van der Waals surface area contributed by atoms with Crippen molar-refractivity contribution in [1.82, 2.24) is 14.9 Å². The predicted octanol–water partition coefficient (Wildman–Crippen LogP) is 0.270. The summed E-state index contributed by atoms with van der Waals surface area (Å²) in [6.45, 7) is 4.27. The minimum absolute atomic E-state index is 0.874. The first-order valence-corrected chi connectivity index (χ1v) is 5.23. The lowest BCUT2D eigenvalue weighted by atomic mass is 10.3. The van der Waals surface area contributed by atoms with Crippen LogP contribution >= 0.6 is 0 Å². The van der Waals surface area contributed by atoms with Crippen molar-refractivity contribution in [2.75, 3.05) is 50.5 Å². The largest absolute Gasteiger partial charge is 0.373 e. The van der Waals surface area contributed by atoms with E-state index >= 15 is 0 Å². The number of rotatable bonds is 2. The Hall–Kier alpha value is -1.36. The Balaban J connectivity index is 2.08. The first kappa shape index (κ1) is 10.2. The Morgan fingerprint density at radius 3 is 2.60 bits per heavy atom. The van der Waals surface area contributed by atoms with Crippen molar-refractivity contribution in [3.63, 3.8) is 0 Å². The summed E-state index contributed by atoms with van der Waals surface area (Å²) in [6, 6.07) is 1.99. The van der Waals surface area contributed by atoms with E-state index in [1.54, 1.807) is 6.33 Å². The molecule has 0 spiro atoms. The molecule has 0 aromatic carbocycles. The summed E-state index contributed by atoms with van der Waals surface area (Å²) in [5, 5.41) is 3.03. The van der Waals surface area contributed by atoms with E-state index < -0.39 is 0 Å². The minimum Gasteiger partial charge on any atom is -0.373 e. The van der Waals surface area contributed by atoms with Crippen LogP contribution in [0, 0.1) is 0 Å². The zero-order valence-electron chi connectivity index (χ0n) is 9.27. The lowest BCUT2D eigenvalue weighted by molar-refractivity contribution is 0.312. The summed E-state index contributed by atoms with van der Waals surface area (Å²) in [7, 11) is 4.02. The van der Waals surface area contributed by atoms with E-state index in [0.717, 1.165) is 37.8 Å². The van der Waals surface area contributed by atoms with Crippen molar-refractivity contribution in [3.8, 4) is 0 Å². The van der Waals surface area contributed by atoms with Gasteiger partial charge in [0.05, 0.1) is 0 Å². The maximum absolute atomic E-state index is 4.29. The minimum atomic E-state index is 0.874. The molecule has 1 fully saturated rings. The van der Waals surface area contributed by atoms with Gasteiger partial charge >= 0.3 is 0 Å². The molecule has 1 saturated heterocycles. The third-order valence-corrected chi connectivity index (χ3v) is 2.74. The number of nitrogens with zero attached hydrogens (tertiary/aromatic N) is 4. The third-order valence-electron chi connectivity index (χ3n) is 2.74. The van der Waals surface area contributed by atoms with Crippen LogP contribution in [0.1, 0.15) is 0 Å². The van der Waals surface area contributed by atoms with Gasteiger partial charge in [-0.15, -0.1) is 0 Å². The summed E-state index contributed by atoms with van der Waals surface area (Å²) in [6.07, 6.45) is 1.61. The van der Waals surface area contributed by atoms with Gasteiger partial charge in [0.15, 0.2) is 0 Å². The molecule has 2 heterocycles. The molecule has 82 valence electrons. The Kier molecular flexibility index (Phi) is 3.01. The number of likely N-dealkylation sites (N-methyl/N-ethyl adjacent to an activating group) is 1. The van der Waals surface area contributed by atoms with Crippen LogP contribution in [0.5, 0.6) is 0 Å². The van der Waals surface area contributed by atoms with Crippen molar-refractivity contribution < 1.29 is 0 Å². The molecular weight excluding hydrogens is 190 g/mol. The summed E-state index contributed by atoms with van der Waals surface area (Å²) in [5.74, 6) is 1.89. The Morgan fingerprint density at radius 2 is 1.93 bits per heavy atom. The lowest BCUT2D eigenvalue weighted by Gasteiger charge is -2.33. The second-order valence-corrected chi connectivity index (χ2v) is 3.80. The highest BCUT2D eigenvalue weighted by atomic mass is 15.3. The molecule has 1 aromatic rings. The predicted molar refractivity (Wildman–Crippen MR) is 61.3 cm³/mol. The van der Waals surface area contributed by atoms with E-state index in [0.29, 0.717) is 0 Å². The molecule has 0 bridgehead atoms. The summed E-state index contributed by atoms with van der Waals surface area (Å²) < 4.78 is 0. The van der Waals surface area contributed by atoms with Gasteiger partial charge in [-0.25, -0.2) is 9.97 Å². The highest BCUT2D eigenvalue weighted by Gasteiger charge is 2.15. The standard InChI is InChI=1S/C10H17N5/c1-11-9-7-10(13-8-12-9)15-5-3-14(2)4-6-15/h7-8H,3-6H2,1-2H3,(H,11,12,13). The van der Waals surface area contributed by atoms with E-state index in [-0.39, 0.29) is 0 Å². The molecule has 2 rings (SSSR count). The van der Waals surface area contributed by atoms with Gasteiger partial charge in [-0.1, -0.05) is 0 Å². The summed E-state index contributed by atoms with van der Waals surface area (Å²) >= 11 is 0. The van der Waals surface area contributed by atoms with E-state index in [2.05, 4.69) is 32.1 Å². The third kappa shape index (κ3) is 2.36. The van der Waals surface area contributed by atoms with Gasteiger partial charge in [0.25, 0.3) is 0 Å². The van der Waals surface area contributed by atoms with Crippen LogP contribution in [0.4, 0.5) is 11.6 Å². The molecular formula is C10H17N5. The average Bonchev–Trinajstić information content (AvgIpc) is 2.30. The highest BCUT2D eigenvalue weighted by Crippen LogP contribution is 2.15. The first-order chi connectivity index (χ1) is 7.29. The molecule has 5 nitrogen and oxygen atoms in total. The molecule has 0 amide bonds. The second-order valence-electron chi connectivity index (χ2n) is 3.80. The fourth-order valence-electron chi connectivity index (χ4n) is 1.69. The zero-order chi connectivity index (χ0) is 10.7. The van der Waals surface area contributed by atoms with Crippen LogP contribution in [-0.4, -0.2) is 55.1 Å². The molecule has 1 N–H and O–H groups in total. The number of hydrogen-bond acceptors (Lipinski definition) is 5. The molecule has 0 aliphatic carbocycles. The molecule has 1 aromatic heterocycles. The summed E-state index contributed by atoms with van der Waals surface area (Å²) in [5.41, 5.74) is 0. The average molecular weight is 207 g/mol. The van der Waals surface area contributed by atoms with Gasteiger partial charge in [-0.3, -0.25) is 0 Å². The second kappa shape index (κ2) is 4.44. The van der Waals surface area contributed by atoms with Crippen molar-refractivity contribution in [3.05, 3.63) is 12.4 Å². The molecule has 0 atom stereocenters. The fourth-order valence-corrected chi connectivity index (χ4v) is 1.69. The highest BCUT2D eigenvalue weighted by molar-refractivity contribution is 5.48. The van der Waals surface area contributed by atoms with Crippen molar-refractivity contribution in [1.29, 1.82) is 0 Å². The molecule has 0 unspecified atom stereocenters. The molecule has 1 aliphatic heterocycles. The number of piperazine rings is 1. The fraction of sp³-hybridized carbons (Fsp3) is 0.600. The van der Waals surface area contributed by atoms with Gasteiger partial charge in [-0.05, 0) is 7.05 Å². The van der Waals surface area contributed by atoms with Crippen LogP contribution in [-0.2, 0) is 0 Å². The normalized spacial score (nSPS) is 17.9. The Morgan fingerprint density at radius 1 is 1.20 bits per heavy atom. The van der Waals surface area contributed by atoms with Gasteiger partial charge in [0, 0.05) is 39.3 Å². The van der Waals surface area contributed by atoms with Crippen LogP contribution in [0.25, 0.3) is 0 Å². The number of hydrogen-bond donors (Lipinski definition) is 1. The Labute approximate surface area is 90.1 Å².